The van der Waals surface area contributed by atoms with E-state index in [2.05, 4.69) is 15.3 Å². The molecule has 0 spiro atoms. The Morgan fingerprint density at radius 3 is 2.62 bits per heavy atom. The fourth-order valence-electron chi connectivity index (χ4n) is 1.95. The normalized spacial score (nSPS) is 11.2. The predicted molar refractivity (Wildman–Crippen MR) is 95.7 cm³/mol. The van der Waals surface area contributed by atoms with E-state index in [1.807, 2.05) is 33.8 Å². The molecule has 0 unspecified atom stereocenters. The monoisotopic (exact) mass is 367 g/mol. The Kier molecular flexibility index (Phi) is 5.67. The quantitative estimate of drug-likeness (QED) is 0.483. The highest BCUT2D eigenvalue weighted by Crippen LogP contribution is 2.22. The summed E-state index contributed by atoms with van der Waals surface area (Å²) >= 11 is 11.7. The van der Waals surface area contributed by atoms with Crippen molar-refractivity contribution in [1.29, 1.82) is 0 Å². The smallest absolute Gasteiger partial charge is 0.338 e. The number of halogens is 2. The molecule has 1 heterocycles. The first-order chi connectivity index (χ1) is 11.2. The number of nitrogens with one attached hydrogen (secondary N) is 1. The molecule has 7 heteroatoms. The average molecular weight is 368 g/mol. The highest BCUT2D eigenvalue weighted by atomic mass is 35.5. The third-order valence-corrected chi connectivity index (χ3v) is 3.63. The maximum Gasteiger partial charge on any atom is 0.338 e. The molecular weight excluding hydrogens is 349 g/mol. The Labute approximate surface area is 151 Å². The van der Waals surface area contributed by atoms with Crippen molar-refractivity contribution in [2.75, 3.05) is 5.32 Å². The SMILES string of the molecule is Cc1ccc(C(=O)OC(C)(C)C)cc1NCc1cnc(Cl)nc1Cl. The van der Waals surface area contributed by atoms with Crippen LogP contribution in [0.4, 0.5) is 5.69 Å². The molecule has 0 saturated carbocycles. The molecule has 0 atom stereocenters. The summed E-state index contributed by atoms with van der Waals surface area (Å²) in [5.74, 6) is -0.363. The molecule has 1 N–H and O–H groups in total. The van der Waals surface area contributed by atoms with E-state index >= 15 is 0 Å². The lowest BCUT2D eigenvalue weighted by Crippen LogP contribution is -2.24. The van der Waals surface area contributed by atoms with Gasteiger partial charge in [-0.05, 0) is 57.0 Å². The molecule has 1 aromatic carbocycles. The molecule has 2 rings (SSSR count). The zero-order valence-electron chi connectivity index (χ0n) is 14.0. The van der Waals surface area contributed by atoms with Crippen LogP contribution in [0, 0.1) is 6.92 Å². The van der Waals surface area contributed by atoms with Crippen LogP contribution in [0.3, 0.4) is 0 Å². The molecule has 0 aliphatic carbocycles. The summed E-state index contributed by atoms with van der Waals surface area (Å²) in [5, 5.41) is 3.63. The van der Waals surface area contributed by atoms with Gasteiger partial charge in [0.2, 0.25) is 5.28 Å². The molecule has 0 aliphatic heterocycles. The summed E-state index contributed by atoms with van der Waals surface area (Å²) in [4.78, 5) is 20.0. The third kappa shape index (κ3) is 5.08. The highest BCUT2D eigenvalue weighted by molar-refractivity contribution is 6.32. The number of carbonyl (C=O) groups is 1. The lowest BCUT2D eigenvalue weighted by atomic mass is 10.1. The second-order valence-electron chi connectivity index (χ2n) is 6.34. The van der Waals surface area contributed by atoms with Crippen LogP contribution in [0.2, 0.25) is 10.4 Å². The summed E-state index contributed by atoms with van der Waals surface area (Å²) in [6.07, 6.45) is 1.57. The number of esters is 1. The Morgan fingerprint density at radius 1 is 1.29 bits per heavy atom. The number of rotatable bonds is 4. The van der Waals surface area contributed by atoms with Crippen molar-refractivity contribution < 1.29 is 9.53 Å². The van der Waals surface area contributed by atoms with E-state index in [-0.39, 0.29) is 11.3 Å². The molecule has 5 nitrogen and oxygen atoms in total. The largest absolute Gasteiger partial charge is 0.456 e. The molecule has 1 aromatic heterocycles. The van der Waals surface area contributed by atoms with Crippen molar-refractivity contribution in [2.24, 2.45) is 0 Å². The van der Waals surface area contributed by atoms with E-state index in [0.717, 1.165) is 11.3 Å². The summed E-state index contributed by atoms with van der Waals surface area (Å²) in [7, 11) is 0. The van der Waals surface area contributed by atoms with Crippen LogP contribution in [-0.4, -0.2) is 21.5 Å². The Hall–Kier alpha value is -1.85. The van der Waals surface area contributed by atoms with Gasteiger partial charge in [-0.3, -0.25) is 0 Å². The van der Waals surface area contributed by atoms with Crippen LogP contribution in [0.5, 0.6) is 0 Å². The minimum absolute atomic E-state index is 0.104. The zero-order chi connectivity index (χ0) is 17.9. The van der Waals surface area contributed by atoms with Gasteiger partial charge in [0.25, 0.3) is 0 Å². The second kappa shape index (κ2) is 7.36. The van der Waals surface area contributed by atoms with Gasteiger partial charge in [0.15, 0.2) is 0 Å². The summed E-state index contributed by atoms with van der Waals surface area (Å²) < 4.78 is 5.39. The Balaban J connectivity index is 2.15. The van der Waals surface area contributed by atoms with Gasteiger partial charge in [-0.2, -0.15) is 0 Å². The van der Waals surface area contributed by atoms with E-state index in [1.54, 1.807) is 18.3 Å². The Morgan fingerprint density at radius 2 is 2.00 bits per heavy atom. The van der Waals surface area contributed by atoms with Crippen molar-refractivity contribution >= 4 is 34.9 Å². The number of anilines is 1. The van der Waals surface area contributed by atoms with Crippen LogP contribution in [0.1, 0.15) is 42.3 Å². The number of ether oxygens (including phenoxy) is 1. The molecule has 24 heavy (non-hydrogen) atoms. The predicted octanol–water partition coefficient (Wildman–Crippen LogP) is 4.66. The van der Waals surface area contributed by atoms with Gasteiger partial charge in [0, 0.05) is 24.0 Å². The van der Waals surface area contributed by atoms with Crippen LogP contribution in [0.25, 0.3) is 0 Å². The maximum atomic E-state index is 12.2. The van der Waals surface area contributed by atoms with Gasteiger partial charge in [-0.15, -0.1) is 0 Å². The number of hydrogen-bond acceptors (Lipinski definition) is 5. The molecule has 0 amide bonds. The van der Waals surface area contributed by atoms with E-state index in [9.17, 15) is 4.79 Å². The van der Waals surface area contributed by atoms with Crippen LogP contribution >= 0.6 is 23.2 Å². The number of aromatic nitrogens is 2. The molecule has 0 saturated heterocycles. The van der Waals surface area contributed by atoms with Crippen molar-refractivity contribution in [2.45, 2.75) is 39.8 Å². The fraction of sp³-hybridized carbons (Fsp3) is 0.353. The standard InChI is InChI=1S/C17H19Cl2N3O2/c1-10-5-6-11(15(23)24-17(2,3)4)7-13(10)20-8-12-9-21-16(19)22-14(12)18/h5-7,9,20H,8H2,1-4H3. The summed E-state index contributed by atoms with van der Waals surface area (Å²) in [5.41, 5.74) is 2.46. The number of carbonyl (C=O) groups excluding carboxylic acids is 1. The highest BCUT2D eigenvalue weighted by Gasteiger charge is 2.18. The van der Waals surface area contributed by atoms with Gasteiger partial charge in [0.05, 0.1) is 5.56 Å². The summed E-state index contributed by atoms with van der Waals surface area (Å²) in [6, 6.07) is 5.36. The van der Waals surface area contributed by atoms with E-state index in [4.69, 9.17) is 27.9 Å². The van der Waals surface area contributed by atoms with Gasteiger partial charge in [-0.25, -0.2) is 14.8 Å². The average Bonchev–Trinajstić information content (AvgIpc) is 2.46. The maximum absolute atomic E-state index is 12.2. The van der Waals surface area contributed by atoms with Crippen LogP contribution in [0.15, 0.2) is 24.4 Å². The minimum Gasteiger partial charge on any atom is -0.456 e. The van der Waals surface area contributed by atoms with Crippen molar-refractivity contribution in [3.8, 4) is 0 Å². The zero-order valence-corrected chi connectivity index (χ0v) is 15.5. The summed E-state index contributed by atoms with van der Waals surface area (Å²) in [6.45, 7) is 7.86. The molecule has 2 aromatic rings. The molecule has 0 aliphatic rings. The number of benzene rings is 1. The van der Waals surface area contributed by atoms with Crippen molar-refractivity contribution in [1.82, 2.24) is 9.97 Å². The van der Waals surface area contributed by atoms with Crippen molar-refractivity contribution in [3.63, 3.8) is 0 Å². The topological polar surface area (TPSA) is 64.1 Å². The van der Waals surface area contributed by atoms with Crippen molar-refractivity contribution in [3.05, 3.63) is 51.5 Å². The molecule has 0 radical (unpaired) electrons. The van der Waals surface area contributed by atoms with Gasteiger partial charge < -0.3 is 10.1 Å². The Bertz CT molecular complexity index is 758. The third-order valence-electron chi connectivity index (χ3n) is 3.12. The van der Waals surface area contributed by atoms with Crippen LogP contribution in [-0.2, 0) is 11.3 Å². The molecule has 0 fully saturated rings. The molecule has 0 bridgehead atoms. The lowest BCUT2D eigenvalue weighted by Gasteiger charge is -2.20. The number of hydrogen-bond donors (Lipinski definition) is 1. The van der Waals surface area contributed by atoms with E-state index in [0.29, 0.717) is 22.8 Å². The lowest BCUT2D eigenvalue weighted by molar-refractivity contribution is 0.00696. The molecule has 128 valence electrons. The van der Waals surface area contributed by atoms with Gasteiger partial charge in [0.1, 0.15) is 10.8 Å². The number of aryl methyl sites for hydroxylation is 1. The van der Waals surface area contributed by atoms with E-state index in [1.165, 1.54) is 0 Å². The second-order valence-corrected chi connectivity index (χ2v) is 7.04. The molecular formula is C17H19Cl2N3O2. The van der Waals surface area contributed by atoms with Crippen LogP contribution < -0.4 is 5.32 Å². The van der Waals surface area contributed by atoms with E-state index < -0.39 is 5.60 Å². The first-order valence-corrected chi connectivity index (χ1v) is 8.16. The number of nitrogens with zero attached hydrogens (tertiary/aromatic N) is 2. The fourth-order valence-corrected chi connectivity index (χ4v) is 2.32. The van der Waals surface area contributed by atoms with Gasteiger partial charge in [-0.1, -0.05) is 17.7 Å². The first-order valence-electron chi connectivity index (χ1n) is 7.40. The van der Waals surface area contributed by atoms with Gasteiger partial charge >= 0.3 is 5.97 Å². The minimum atomic E-state index is -0.538. The first kappa shape index (κ1) is 18.5.